The van der Waals surface area contributed by atoms with Crippen LogP contribution in [0.2, 0.25) is 0 Å². The Morgan fingerprint density at radius 1 is 1.13 bits per heavy atom. The van der Waals surface area contributed by atoms with E-state index in [-0.39, 0.29) is 45.3 Å². The van der Waals surface area contributed by atoms with Gasteiger partial charge in [0.15, 0.2) is 11.6 Å². The summed E-state index contributed by atoms with van der Waals surface area (Å²) in [6.07, 6.45) is 3.42. The zero-order valence-electron chi connectivity index (χ0n) is 21.0. The first-order valence-electron chi connectivity index (χ1n) is 12.0. The number of nitrogens with one attached hydrogen (secondary N) is 1. The molecule has 1 unspecified atom stereocenters. The van der Waals surface area contributed by atoms with E-state index in [9.17, 15) is 18.0 Å². The second kappa shape index (κ2) is 10.2. The molecule has 7 nitrogen and oxygen atoms in total. The third kappa shape index (κ3) is 4.46. The maximum Gasteiger partial charge on any atom is 0.255 e. The van der Waals surface area contributed by atoms with Crippen LogP contribution in [0.25, 0.3) is 22.2 Å². The lowest BCUT2D eigenvalue weighted by Crippen LogP contribution is -2.32. The van der Waals surface area contributed by atoms with Gasteiger partial charge in [0.05, 0.1) is 36.7 Å². The third-order valence-electron chi connectivity index (χ3n) is 6.59. The average Bonchev–Trinajstić information content (AvgIpc) is 2.92. The van der Waals surface area contributed by atoms with Gasteiger partial charge in [-0.05, 0) is 24.1 Å². The van der Waals surface area contributed by atoms with Crippen LogP contribution in [0.4, 0.5) is 18.9 Å². The molecular formula is C28H25F3N4O3. The first-order valence-corrected chi connectivity index (χ1v) is 12.0. The van der Waals surface area contributed by atoms with Crippen LogP contribution in [-0.4, -0.2) is 50.2 Å². The van der Waals surface area contributed by atoms with Crippen molar-refractivity contribution in [2.24, 2.45) is 0 Å². The number of anilines is 1. The van der Waals surface area contributed by atoms with Gasteiger partial charge in [-0.25, -0.2) is 18.2 Å². The van der Waals surface area contributed by atoms with Gasteiger partial charge >= 0.3 is 0 Å². The summed E-state index contributed by atoms with van der Waals surface area (Å²) in [6.45, 7) is 0.947. The molecule has 38 heavy (non-hydrogen) atoms. The first-order chi connectivity index (χ1) is 18.3. The number of aromatic nitrogens is 2. The molecule has 0 aliphatic carbocycles. The molecular weight excluding hydrogens is 497 g/mol. The third-order valence-corrected chi connectivity index (χ3v) is 6.59. The highest BCUT2D eigenvalue weighted by atomic mass is 19.2. The summed E-state index contributed by atoms with van der Waals surface area (Å²) in [5.41, 5.74) is 1.75. The SMILES string of the molecule is COc1cnc2c(N(C)C)c(C(=O)NCC3CCOc4ccccc43)cnc2c1-c1cc(F)cc(F)c1F. The van der Waals surface area contributed by atoms with Crippen LogP contribution in [0.1, 0.15) is 28.3 Å². The number of benzene rings is 2. The van der Waals surface area contributed by atoms with Crippen LogP contribution in [0.5, 0.6) is 11.5 Å². The number of amides is 1. The summed E-state index contributed by atoms with van der Waals surface area (Å²) in [5, 5.41) is 2.99. The van der Waals surface area contributed by atoms with Gasteiger partial charge in [0.2, 0.25) is 0 Å². The van der Waals surface area contributed by atoms with Crippen molar-refractivity contribution < 1.29 is 27.4 Å². The van der Waals surface area contributed by atoms with Gasteiger partial charge < -0.3 is 19.7 Å². The molecule has 1 aliphatic heterocycles. The van der Waals surface area contributed by atoms with E-state index in [1.54, 1.807) is 19.0 Å². The monoisotopic (exact) mass is 522 g/mol. The van der Waals surface area contributed by atoms with Crippen LogP contribution in [0, 0.1) is 17.5 Å². The fraction of sp³-hybridized carbons (Fsp3) is 0.250. The number of hydrogen-bond acceptors (Lipinski definition) is 6. The summed E-state index contributed by atoms with van der Waals surface area (Å²) < 4.78 is 54.1. The molecule has 196 valence electrons. The van der Waals surface area contributed by atoms with Crippen molar-refractivity contribution in [1.82, 2.24) is 15.3 Å². The molecule has 4 aromatic rings. The first kappa shape index (κ1) is 25.3. The Balaban J connectivity index is 1.56. The van der Waals surface area contributed by atoms with E-state index in [2.05, 4.69) is 15.3 Å². The minimum Gasteiger partial charge on any atom is -0.494 e. The number of nitrogens with zero attached hydrogens (tertiary/aromatic N) is 3. The van der Waals surface area contributed by atoms with Crippen LogP contribution >= 0.6 is 0 Å². The molecule has 1 N–H and O–H groups in total. The number of methoxy groups -OCH3 is 1. The van der Waals surface area contributed by atoms with Gasteiger partial charge in [0.1, 0.15) is 28.3 Å². The summed E-state index contributed by atoms with van der Waals surface area (Å²) in [5.74, 6) is -2.94. The molecule has 1 amide bonds. The van der Waals surface area contributed by atoms with Crippen molar-refractivity contribution in [2.45, 2.75) is 12.3 Å². The standard InChI is InChI=1S/C28H25F3N4O3/c1-35(2)27-19(28(36)34-12-15-8-9-38-21-7-5-4-6-17(15)21)13-32-25-23(22(37-3)14-33-26(25)27)18-10-16(29)11-20(30)24(18)31/h4-7,10-11,13-15H,8-9,12H2,1-3H3,(H,34,36). The van der Waals surface area contributed by atoms with Gasteiger partial charge in [-0.1, -0.05) is 18.2 Å². The minimum atomic E-state index is -1.34. The molecule has 10 heteroatoms. The van der Waals surface area contributed by atoms with Crippen molar-refractivity contribution >= 4 is 22.6 Å². The summed E-state index contributed by atoms with van der Waals surface area (Å²) >= 11 is 0. The second-order valence-electron chi connectivity index (χ2n) is 9.14. The Kier molecular flexibility index (Phi) is 6.79. The second-order valence-corrected chi connectivity index (χ2v) is 9.14. The summed E-state index contributed by atoms with van der Waals surface area (Å²) in [6, 6.07) is 9.08. The lowest BCUT2D eigenvalue weighted by molar-refractivity contribution is 0.0948. The van der Waals surface area contributed by atoms with Gasteiger partial charge in [0.25, 0.3) is 5.91 Å². The van der Waals surface area contributed by atoms with Crippen molar-refractivity contribution in [3.05, 3.63) is 77.4 Å². The highest BCUT2D eigenvalue weighted by Gasteiger charge is 2.26. The van der Waals surface area contributed by atoms with Crippen molar-refractivity contribution in [2.75, 3.05) is 39.3 Å². The topological polar surface area (TPSA) is 76.6 Å². The molecule has 5 rings (SSSR count). The molecule has 1 aliphatic rings. The number of pyridine rings is 2. The Labute approximate surface area is 217 Å². The van der Waals surface area contributed by atoms with Crippen molar-refractivity contribution in [3.8, 4) is 22.6 Å². The van der Waals surface area contributed by atoms with Crippen molar-refractivity contribution in [3.63, 3.8) is 0 Å². The number of para-hydroxylation sites is 1. The maximum atomic E-state index is 14.8. The molecule has 0 spiro atoms. The maximum absolute atomic E-state index is 14.8. The fourth-order valence-electron chi connectivity index (χ4n) is 4.81. The molecule has 1 atom stereocenters. The predicted octanol–water partition coefficient (Wildman–Crippen LogP) is 5.08. The zero-order chi connectivity index (χ0) is 27.0. The summed E-state index contributed by atoms with van der Waals surface area (Å²) in [4.78, 5) is 23.9. The molecule has 0 radical (unpaired) electrons. The van der Waals surface area contributed by atoms with Gasteiger partial charge in [-0.15, -0.1) is 0 Å². The van der Waals surface area contributed by atoms with E-state index >= 15 is 0 Å². The molecule has 0 saturated heterocycles. The number of hydrogen-bond donors (Lipinski definition) is 1. The van der Waals surface area contributed by atoms with E-state index in [0.29, 0.717) is 24.9 Å². The number of fused-ring (bicyclic) bond motifs is 2. The normalized spacial score (nSPS) is 14.5. The van der Waals surface area contributed by atoms with E-state index in [1.165, 1.54) is 19.5 Å². The lowest BCUT2D eigenvalue weighted by Gasteiger charge is -2.26. The number of halogens is 3. The number of ether oxygens (including phenoxy) is 2. The molecule has 3 heterocycles. The van der Waals surface area contributed by atoms with Gasteiger partial charge in [-0.2, -0.15) is 0 Å². The Bertz CT molecular complexity index is 1540. The predicted molar refractivity (Wildman–Crippen MR) is 137 cm³/mol. The Morgan fingerprint density at radius 3 is 2.66 bits per heavy atom. The van der Waals surface area contributed by atoms with E-state index in [1.807, 2.05) is 24.3 Å². The highest BCUT2D eigenvalue weighted by Crippen LogP contribution is 2.40. The van der Waals surface area contributed by atoms with Crippen LogP contribution in [-0.2, 0) is 0 Å². The molecule has 0 bridgehead atoms. The summed E-state index contributed by atoms with van der Waals surface area (Å²) in [7, 11) is 4.80. The van der Waals surface area contributed by atoms with Crippen LogP contribution < -0.4 is 19.7 Å². The minimum absolute atomic E-state index is 0.0299. The van der Waals surface area contributed by atoms with E-state index in [0.717, 1.165) is 23.8 Å². The van der Waals surface area contributed by atoms with E-state index < -0.39 is 17.5 Å². The zero-order valence-corrected chi connectivity index (χ0v) is 21.0. The average molecular weight is 523 g/mol. The number of rotatable bonds is 6. The Hall–Kier alpha value is -4.34. The molecule has 2 aromatic heterocycles. The Morgan fingerprint density at radius 2 is 1.89 bits per heavy atom. The molecule has 0 fully saturated rings. The lowest BCUT2D eigenvalue weighted by atomic mass is 9.93. The molecule has 2 aromatic carbocycles. The highest BCUT2D eigenvalue weighted by molar-refractivity contribution is 6.09. The van der Waals surface area contributed by atoms with Crippen molar-refractivity contribution in [1.29, 1.82) is 0 Å². The smallest absolute Gasteiger partial charge is 0.255 e. The molecule has 0 saturated carbocycles. The van der Waals surface area contributed by atoms with Gasteiger partial charge in [0, 0.05) is 44.4 Å². The number of carbonyl (C=O) groups excluding carboxylic acids is 1. The quantitative estimate of drug-likeness (QED) is 0.356. The van der Waals surface area contributed by atoms with Crippen LogP contribution in [0.3, 0.4) is 0 Å². The fourth-order valence-corrected chi connectivity index (χ4v) is 4.81. The van der Waals surface area contributed by atoms with Crippen LogP contribution in [0.15, 0.2) is 48.8 Å². The number of carbonyl (C=O) groups is 1. The van der Waals surface area contributed by atoms with E-state index in [4.69, 9.17) is 9.47 Å². The van der Waals surface area contributed by atoms with Gasteiger partial charge in [-0.3, -0.25) is 9.78 Å². The largest absolute Gasteiger partial charge is 0.494 e.